The maximum atomic E-state index is 5.59. The van der Waals surface area contributed by atoms with Crippen molar-refractivity contribution in [1.29, 1.82) is 0 Å². The SMILES string of the molecule is CCC(CC)(CNc1ccc(N)cn1)SC. The number of pyridine rings is 1. The number of hydrogen-bond acceptors (Lipinski definition) is 4. The van der Waals surface area contributed by atoms with Crippen LogP contribution in [0.4, 0.5) is 11.5 Å². The quantitative estimate of drug-likeness (QED) is 0.801. The number of nitrogen functional groups attached to an aromatic ring is 1. The van der Waals surface area contributed by atoms with Crippen LogP contribution in [0, 0.1) is 0 Å². The van der Waals surface area contributed by atoms with Gasteiger partial charge in [0, 0.05) is 11.3 Å². The smallest absolute Gasteiger partial charge is 0.126 e. The summed E-state index contributed by atoms with van der Waals surface area (Å²) in [5.41, 5.74) is 6.29. The fraction of sp³-hybridized carbons (Fsp3) is 0.583. The van der Waals surface area contributed by atoms with E-state index in [1.807, 2.05) is 23.9 Å². The Morgan fingerprint density at radius 2 is 2.06 bits per heavy atom. The molecule has 0 radical (unpaired) electrons. The summed E-state index contributed by atoms with van der Waals surface area (Å²) in [5, 5.41) is 3.38. The van der Waals surface area contributed by atoms with Crippen LogP contribution >= 0.6 is 11.8 Å². The van der Waals surface area contributed by atoms with Gasteiger partial charge in [0.05, 0.1) is 11.9 Å². The van der Waals surface area contributed by atoms with Crippen LogP contribution in [-0.2, 0) is 0 Å². The van der Waals surface area contributed by atoms with Crippen molar-refractivity contribution in [2.45, 2.75) is 31.4 Å². The van der Waals surface area contributed by atoms with E-state index in [1.54, 1.807) is 6.20 Å². The van der Waals surface area contributed by atoms with Gasteiger partial charge in [-0.15, -0.1) is 0 Å². The molecule has 16 heavy (non-hydrogen) atoms. The molecule has 1 aromatic rings. The summed E-state index contributed by atoms with van der Waals surface area (Å²) in [4.78, 5) is 4.24. The van der Waals surface area contributed by atoms with Crippen LogP contribution < -0.4 is 11.1 Å². The Morgan fingerprint density at radius 3 is 2.50 bits per heavy atom. The second-order valence-electron chi connectivity index (χ2n) is 3.92. The molecule has 0 saturated carbocycles. The van der Waals surface area contributed by atoms with Crippen LogP contribution in [0.2, 0.25) is 0 Å². The fourth-order valence-electron chi connectivity index (χ4n) is 1.62. The minimum absolute atomic E-state index is 0.309. The summed E-state index contributed by atoms with van der Waals surface area (Å²) in [6, 6.07) is 3.79. The molecule has 1 aromatic heterocycles. The van der Waals surface area contributed by atoms with Crippen LogP contribution in [0.1, 0.15) is 26.7 Å². The number of rotatable bonds is 6. The zero-order valence-corrected chi connectivity index (χ0v) is 11.1. The molecule has 0 aliphatic carbocycles. The summed E-state index contributed by atoms with van der Waals surface area (Å²) < 4.78 is 0.309. The largest absolute Gasteiger partial charge is 0.397 e. The van der Waals surface area contributed by atoms with E-state index in [9.17, 15) is 0 Å². The molecule has 0 amide bonds. The Balaban J connectivity index is 2.58. The maximum absolute atomic E-state index is 5.59. The molecule has 0 spiro atoms. The molecule has 1 rings (SSSR count). The molecule has 0 unspecified atom stereocenters. The van der Waals surface area contributed by atoms with Crippen molar-refractivity contribution < 1.29 is 0 Å². The first-order valence-electron chi connectivity index (χ1n) is 5.66. The molecule has 0 fully saturated rings. The van der Waals surface area contributed by atoms with Crippen LogP contribution in [0.25, 0.3) is 0 Å². The lowest BCUT2D eigenvalue weighted by atomic mass is 10.0. The standard InChI is InChI=1S/C12H21N3S/c1-4-12(5-2,16-3)9-15-11-7-6-10(13)8-14-11/h6-8H,4-5,9,13H2,1-3H3,(H,14,15). The van der Waals surface area contributed by atoms with Crippen molar-refractivity contribution in [1.82, 2.24) is 4.98 Å². The van der Waals surface area contributed by atoms with Gasteiger partial charge in [-0.25, -0.2) is 4.98 Å². The normalized spacial score (nSPS) is 11.4. The van der Waals surface area contributed by atoms with Gasteiger partial charge in [-0.05, 0) is 31.2 Å². The molecular weight excluding hydrogens is 218 g/mol. The third kappa shape index (κ3) is 3.30. The highest BCUT2D eigenvalue weighted by Crippen LogP contribution is 2.30. The second-order valence-corrected chi connectivity index (χ2v) is 5.20. The maximum Gasteiger partial charge on any atom is 0.126 e. The Morgan fingerprint density at radius 1 is 1.38 bits per heavy atom. The first kappa shape index (κ1) is 13.2. The van der Waals surface area contributed by atoms with Crippen LogP contribution in [-0.4, -0.2) is 22.5 Å². The highest BCUT2D eigenvalue weighted by atomic mass is 32.2. The number of nitrogens with two attached hydrogens (primary N) is 1. The van der Waals surface area contributed by atoms with Gasteiger partial charge in [-0.2, -0.15) is 11.8 Å². The lowest BCUT2D eigenvalue weighted by molar-refractivity contribution is 0.574. The summed E-state index contributed by atoms with van der Waals surface area (Å²) in [7, 11) is 0. The van der Waals surface area contributed by atoms with Gasteiger partial charge in [-0.1, -0.05) is 13.8 Å². The van der Waals surface area contributed by atoms with Crippen molar-refractivity contribution in [2.75, 3.05) is 23.9 Å². The molecule has 0 saturated heterocycles. The average Bonchev–Trinajstić information content (AvgIpc) is 2.34. The van der Waals surface area contributed by atoms with E-state index in [1.165, 1.54) is 0 Å². The van der Waals surface area contributed by atoms with Gasteiger partial charge in [0.1, 0.15) is 5.82 Å². The van der Waals surface area contributed by atoms with Crippen molar-refractivity contribution in [3.8, 4) is 0 Å². The van der Waals surface area contributed by atoms with Crippen molar-refractivity contribution in [3.63, 3.8) is 0 Å². The van der Waals surface area contributed by atoms with Gasteiger partial charge in [0.15, 0.2) is 0 Å². The van der Waals surface area contributed by atoms with E-state index in [2.05, 4.69) is 30.4 Å². The Hall–Kier alpha value is -0.900. The number of hydrogen-bond donors (Lipinski definition) is 2. The molecule has 0 aliphatic rings. The predicted octanol–water partition coefficient (Wildman–Crippen LogP) is 3.00. The lowest BCUT2D eigenvalue weighted by Crippen LogP contribution is -2.32. The van der Waals surface area contributed by atoms with Crippen LogP contribution in [0.3, 0.4) is 0 Å². The lowest BCUT2D eigenvalue weighted by Gasteiger charge is -2.30. The molecule has 1 heterocycles. The van der Waals surface area contributed by atoms with Gasteiger partial charge < -0.3 is 11.1 Å². The minimum atomic E-state index is 0.309. The number of anilines is 2. The van der Waals surface area contributed by atoms with Gasteiger partial charge in [0.2, 0.25) is 0 Å². The van der Waals surface area contributed by atoms with Crippen LogP contribution in [0.5, 0.6) is 0 Å². The molecule has 0 bridgehead atoms. The van der Waals surface area contributed by atoms with Gasteiger partial charge in [-0.3, -0.25) is 0 Å². The van der Waals surface area contributed by atoms with E-state index in [0.29, 0.717) is 10.4 Å². The van der Waals surface area contributed by atoms with Crippen molar-refractivity contribution >= 4 is 23.3 Å². The van der Waals surface area contributed by atoms with E-state index < -0.39 is 0 Å². The summed E-state index contributed by atoms with van der Waals surface area (Å²) in [6.07, 6.45) is 6.17. The molecule has 3 nitrogen and oxygen atoms in total. The Bertz CT molecular complexity index is 298. The molecule has 0 aliphatic heterocycles. The average molecular weight is 239 g/mol. The minimum Gasteiger partial charge on any atom is -0.397 e. The van der Waals surface area contributed by atoms with E-state index in [4.69, 9.17) is 5.73 Å². The van der Waals surface area contributed by atoms with Gasteiger partial charge in [0.25, 0.3) is 0 Å². The molecule has 0 aromatic carbocycles. The van der Waals surface area contributed by atoms with Crippen LogP contribution in [0.15, 0.2) is 18.3 Å². The number of thioether (sulfide) groups is 1. The van der Waals surface area contributed by atoms with E-state index >= 15 is 0 Å². The van der Waals surface area contributed by atoms with E-state index in [-0.39, 0.29) is 0 Å². The second kappa shape index (κ2) is 5.99. The predicted molar refractivity (Wildman–Crippen MR) is 74.0 cm³/mol. The monoisotopic (exact) mass is 239 g/mol. The highest BCUT2D eigenvalue weighted by molar-refractivity contribution is 8.00. The highest BCUT2D eigenvalue weighted by Gasteiger charge is 2.24. The third-order valence-electron chi connectivity index (χ3n) is 3.10. The molecule has 4 heteroatoms. The first-order chi connectivity index (χ1) is 7.65. The molecule has 90 valence electrons. The number of nitrogens with zero attached hydrogens (tertiary/aromatic N) is 1. The van der Waals surface area contributed by atoms with E-state index in [0.717, 1.165) is 25.2 Å². The summed E-state index contributed by atoms with van der Waals surface area (Å²) in [6.45, 7) is 5.41. The molecule has 0 atom stereocenters. The fourth-order valence-corrected chi connectivity index (χ4v) is 2.42. The topological polar surface area (TPSA) is 50.9 Å². The van der Waals surface area contributed by atoms with Gasteiger partial charge >= 0.3 is 0 Å². The summed E-state index contributed by atoms with van der Waals surface area (Å²) in [5.74, 6) is 0.898. The molecular formula is C12H21N3S. The Kier molecular flexibility index (Phi) is 4.93. The number of aromatic nitrogens is 1. The number of nitrogens with one attached hydrogen (secondary N) is 1. The summed E-state index contributed by atoms with van der Waals surface area (Å²) >= 11 is 1.92. The Labute approximate surface area is 102 Å². The first-order valence-corrected chi connectivity index (χ1v) is 6.89. The zero-order chi connectivity index (χ0) is 12.0. The third-order valence-corrected chi connectivity index (χ3v) is 4.69. The van der Waals surface area contributed by atoms with Crippen molar-refractivity contribution in [3.05, 3.63) is 18.3 Å². The zero-order valence-electron chi connectivity index (χ0n) is 10.3. The molecule has 3 N–H and O–H groups in total. The van der Waals surface area contributed by atoms with Crippen molar-refractivity contribution in [2.24, 2.45) is 0 Å².